The number of ketones is 1. The van der Waals surface area contributed by atoms with E-state index < -0.39 is 0 Å². The highest BCUT2D eigenvalue weighted by molar-refractivity contribution is 5.92. The van der Waals surface area contributed by atoms with Crippen LogP contribution in [0.1, 0.15) is 59.3 Å². The van der Waals surface area contributed by atoms with Gasteiger partial charge in [0.25, 0.3) is 0 Å². The normalized spacial score (nSPS) is 30.5. The largest absolute Gasteiger partial charge is 0.374 e. The van der Waals surface area contributed by atoms with Gasteiger partial charge >= 0.3 is 0 Å². The van der Waals surface area contributed by atoms with Gasteiger partial charge in [-0.3, -0.25) is 4.79 Å². The van der Waals surface area contributed by atoms with Gasteiger partial charge in [-0.05, 0) is 25.7 Å². The second-order valence-electron chi connectivity index (χ2n) is 5.92. The molecule has 0 bridgehead atoms. The van der Waals surface area contributed by atoms with Gasteiger partial charge in [-0.1, -0.05) is 33.1 Å². The van der Waals surface area contributed by atoms with Crippen molar-refractivity contribution >= 4 is 5.78 Å². The van der Waals surface area contributed by atoms with Crippen LogP contribution in [0.25, 0.3) is 0 Å². The van der Waals surface area contributed by atoms with Gasteiger partial charge in [0.05, 0.1) is 17.6 Å². The van der Waals surface area contributed by atoms with E-state index in [4.69, 9.17) is 4.74 Å². The zero-order valence-corrected chi connectivity index (χ0v) is 10.8. The van der Waals surface area contributed by atoms with Crippen LogP contribution in [-0.4, -0.2) is 18.0 Å². The number of hydrogen-bond acceptors (Lipinski definition) is 2. The minimum atomic E-state index is -0.0681. The summed E-state index contributed by atoms with van der Waals surface area (Å²) in [5.41, 5.74) is -0.0681. The van der Waals surface area contributed by atoms with Crippen molar-refractivity contribution in [3.05, 3.63) is 0 Å². The number of ether oxygens (including phenoxy) is 1. The molecular formula is C14H24O2. The lowest BCUT2D eigenvalue weighted by Crippen LogP contribution is -2.57. The highest BCUT2D eigenvalue weighted by atomic mass is 16.5. The lowest BCUT2D eigenvalue weighted by atomic mass is 9.57. The number of rotatable bonds is 3. The third-order valence-electron chi connectivity index (χ3n) is 4.61. The van der Waals surface area contributed by atoms with Crippen LogP contribution >= 0.6 is 0 Å². The van der Waals surface area contributed by atoms with Crippen molar-refractivity contribution in [1.29, 1.82) is 0 Å². The Labute approximate surface area is 98.7 Å². The van der Waals surface area contributed by atoms with Crippen molar-refractivity contribution in [2.45, 2.75) is 71.5 Å². The molecule has 0 radical (unpaired) electrons. The molecule has 2 rings (SSSR count). The maximum absolute atomic E-state index is 11.9. The molecule has 16 heavy (non-hydrogen) atoms. The molecule has 0 saturated heterocycles. The molecule has 0 aromatic rings. The van der Waals surface area contributed by atoms with E-state index in [2.05, 4.69) is 20.8 Å². The molecule has 2 fully saturated rings. The summed E-state index contributed by atoms with van der Waals surface area (Å²) in [5, 5.41) is 0. The Morgan fingerprint density at radius 1 is 1.19 bits per heavy atom. The molecule has 0 aromatic heterocycles. The standard InChI is InChI=1S/C14H24O2/c1-10(2)11(3)16-13-9-12(15)14(13)7-5-4-6-8-14/h10-11,13H,4-9H2,1-3H3. The van der Waals surface area contributed by atoms with Crippen LogP contribution in [0, 0.1) is 11.3 Å². The Morgan fingerprint density at radius 2 is 1.81 bits per heavy atom. The van der Waals surface area contributed by atoms with Crippen LogP contribution < -0.4 is 0 Å². The highest BCUT2D eigenvalue weighted by Gasteiger charge is 2.55. The maximum Gasteiger partial charge on any atom is 0.144 e. The van der Waals surface area contributed by atoms with Crippen LogP contribution in [-0.2, 0) is 9.53 Å². The lowest BCUT2D eigenvalue weighted by molar-refractivity contribution is -0.179. The number of carbonyl (C=O) groups excluding carboxylic acids is 1. The van der Waals surface area contributed by atoms with E-state index in [1.807, 2.05) is 0 Å². The van der Waals surface area contributed by atoms with Crippen molar-refractivity contribution in [1.82, 2.24) is 0 Å². The molecule has 2 heteroatoms. The van der Waals surface area contributed by atoms with Gasteiger partial charge in [0.2, 0.25) is 0 Å². The second-order valence-corrected chi connectivity index (χ2v) is 5.92. The average molecular weight is 224 g/mol. The van der Waals surface area contributed by atoms with Gasteiger partial charge in [0.15, 0.2) is 0 Å². The zero-order valence-electron chi connectivity index (χ0n) is 10.8. The average Bonchev–Trinajstić information content (AvgIpc) is 2.29. The fourth-order valence-electron chi connectivity index (χ4n) is 2.99. The summed E-state index contributed by atoms with van der Waals surface area (Å²) < 4.78 is 6.09. The zero-order chi connectivity index (χ0) is 11.8. The summed E-state index contributed by atoms with van der Waals surface area (Å²) in [4.78, 5) is 11.9. The molecule has 92 valence electrons. The second kappa shape index (κ2) is 4.48. The van der Waals surface area contributed by atoms with Crippen molar-refractivity contribution in [3.63, 3.8) is 0 Å². The molecule has 1 spiro atoms. The first-order chi connectivity index (χ1) is 7.56. The van der Waals surface area contributed by atoms with E-state index in [0.717, 1.165) is 12.8 Å². The Hall–Kier alpha value is -0.370. The third kappa shape index (κ3) is 1.92. The number of Topliss-reactive ketones (excluding diaryl/α,β-unsaturated/α-hetero) is 1. The Kier molecular flexibility index (Phi) is 3.39. The molecule has 0 aromatic carbocycles. The van der Waals surface area contributed by atoms with Gasteiger partial charge in [0, 0.05) is 6.42 Å². The first kappa shape index (κ1) is 12.1. The summed E-state index contributed by atoms with van der Waals surface area (Å²) in [5.74, 6) is 1.00. The molecule has 0 amide bonds. The van der Waals surface area contributed by atoms with E-state index in [-0.39, 0.29) is 17.6 Å². The maximum atomic E-state index is 11.9. The summed E-state index contributed by atoms with van der Waals surface area (Å²) >= 11 is 0. The minimum absolute atomic E-state index is 0.0681. The molecule has 0 aliphatic heterocycles. The molecule has 2 unspecified atom stereocenters. The van der Waals surface area contributed by atoms with Crippen LogP contribution in [0.4, 0.5) is 0 Å². The fourth-order valence-corrected chi connectivity index (χ4v) is 2.99. The fraction of sp³-hybridized carbons (Fsp3) is 0.929. The molecule has 0 heterocycles. The van der Waals surface area contributed by atoms with E-state index in [1.165, 1.54) is 19.3 Å². The summed E-state index contributed by atoms with van der Waals surface area (Å²) in [6.45, 7) is 6.49. The monoisotopic (exact) mass is 224 g/mol. The summed E-state index contributed by atoms with van der Waals surface area (Å²) in [6.07, 6.45) is 7.01. The van der Waals surface area contributed by atoms with E-state index in [1.54, 1.807) is 0 Å². The van der Waals surface area contributed by atoms with Crippen LogP contribution in [0.15, 0.2) is 0 Å². The summed E-state index contributed by atoms with van der Waals surface area (Å²) in [6, 6.07) is 0. The molecular weight excluding hydrogens is 200 g/mol. The quantitative estimate of drug-likeness (QED) is 0.735. The molecule has 2 atom stereocenters. The van der Waals surface area contributed by atoms with Crippen LogP contribution in [0.5, 0.6) is 0 Å². The molecule has 2 aliphatic rings. The highest BCUT2D eigenvalue weighted by Crippen LogP contribution is 2.50. The Bertz CT molecular complexity index is 264. The van der Waals surface area contributed by atoms with Gasteiger partial charge in [-0.2, -0.15) is 0 Å². The summed E-state index contributed by atoms with van der Waals surface area (Å²) in [7, 11) is 0. The van der Waals surface area contributed by atoms with E-state index in [9.17, 15) is 4.79 Å². The SMILES string of the molecule is CC(C)C(C)OC1CC(=O)C12CCCCC2. The molecule has 0 N–H and O–H groups in total. The van der Waals surface area contributed by atoms with Crippen molar-refractivity contribution in [3.8, 4) is 0 Å². The van der Waals surface area contributed by atoms with E-state index >= 15 is 0 Å². The molecule has 2 saturated carbocycles. The Morgan fingerprint density at radius 3 is 2.31 bits per heavy atom. The topological polar surface area (TPSA) is 26.3 Å². The molecule has 2 aliphatic carbocycles. The third-order valence-corrected chi connectivity index (χ3v) is 4.61. The van der Waals surface area contributed by atoms with Crippen LogP contribution in [0.2, 0.25) is 0 Å². The number of carbonyl (C=O) groups is 1. The molecule has 2 nitrogen and oxygen atoms in total. The van der Waals surface area contributed by atoms with Gasteiger partial charge in [-0.25, -0.2) is 0 Å². The smallest absolute Gasteiger partial charge is 0.144 e. The van der Waals surface area contributed by atoms with Crippen molar-refractivity contribution in [2.75, 3.05) is 0 Å². The predicted octanol–water partition coefficient (Wildman–Crippen LogP) is 3.34. The first-order valence-electron chi connectivity index (χ1n) is 6.75. The Balaban J connectivity index is 1.98. The van der Waals surface area contributed by atoms with Gasteiger partial charge in [-0.15, -0.1) is 0 Å². The predicted molar refractivity (Wildman–Crippen MR) is 64.3 cm³/mol. The van der Waals surface area contributed by atoms with Gasteiger partial charge in [0.1, 0.15) is 5.78 Å². The van der Waals surface area contributed by atoms with Crippen molar-refractivity contribution in [2.24, 2.45) is 11.3 Å². The van der Waals surface area contributed by atoms with Crippen molar-refractivity contribution < 1.29 is 9.53 Å². The van der Waals surface area contributed by atoms with E-state index in [0.29, 0.717) is 18.1 Å². The number of hydrogen-bond donors (Lipinski definition) is 0. The first-order valence-corrected chi connectivity index (χ1v) is 6.75. The minimum Gasteiger partial charge on any atom is -0.374 e. The van der Waals surface area contributed by atoms with Crippen LogP contribution in [0.3, 0.4) is 0 Å². The lowest BCUT2D eigenvalue weighted by Gasteiger charge is -2.50. The van der Waals surface area contributed by atoms with Gasteiger partial charge < -0.3 is 4.74 Å².